The number of rotatable bonds is 4. The molecule has 0 N–H and O–H groups in total. The molecule has 1 atom stereocenters. The Bertz CT molecular complexity index is 713. The van der Waals surface area contributed by atoms with Gasteiger partial charge in [-0.25, -0.2) is 0 Å². The van der Waals surface area contributed by atoms with Crippen LogP contribution in [0.25, 0.3) is 0 Å². The fourth-order valence-electron chi connectivity index (χ4n) is 4.09. The van der Waals surface area contributed by atoms with Gasteiger partial charge >= 0.3 is 0 Å². The van der Waals surface area contributed by atoms with Gasteiger partial charge in [0.1, 0.15) is 0 Å². The normalized spacial score (nSPS) is 17.2. The summed E-state index contributed by atoms with van der Waals surface area (Å²) < 4.78 is 0. The van der Waals surface area contributed by atoms with Crippen LogP contribution in [0.1, 0.15) is 159 Å². The zero-order valence-electron chi connectivity index (χ0n) is 29.1. The molecule has 0 aromatic rings. The molecule has 0 aliphatic rings. The molecule has 0 saturated carbocycles. The summed E-state index contributed by atoms with van der Waals surface area (Å²) in [5.41, 5.74) is 8.14. The Morgan fingerprint density at radius 2 is 0.571 bits per heavy atom. The van der Waals surface area contributed by atoms with E-state index in [1.54, 1.807) is 22.3 Å². The molecule has 0 saturated heterocycles. The second-order valence-electron chi connectivity index (χ2n) is 17.3. The SMILES string of the molecule is C/C(=C(/C)C(C)(C)C(C)(C)C)C(C)C(C)(C)C.C/C(=C(\C)C(C)(C)C(C)(C)C)C(C)(C)C(C)(C)C. The van der Waals surface area contributed by atoms with Crippen molar-refractivity contribution >= 4 is 0 Å². The lowest BCUT2D eigenvalue weighted by Crippen LogP contribution is -2.36. The molecule has 1 unspecified atom stereocenters. The lowest BCUT2D eigenvalue weighted by molar-refractivity contribution is 0.149. The van der Waals surface area contributed by atoms with E-state index in [9.17, 15) is 0 Å². The van der Waals surface area contributed by atoms with E-state index in [4.69, 9.17) is 0 Å². The van der Waals surface area contributed by atoms with Crippen LogP contribution in [-0.2, 0) is 0 Å². The van der Waals surface area contributed by atoms with E-state index in [1.807, 2.05) is 0 Å². The molecule has 35 heavy (non-hydrogen) atoms. The lowest BCUT2D eigenvalue weighted by atomic mass is 9.59. The van der Waals surface area contributed by atoms with Crippen LogP contribution >= 0.6 is 0 Å². The van der Waals surface area contributed by atoms with Crippen molar-refractivity contribution in [1.82, 2.24) is 0 Å². The highest BCUT2D eigenvalue weighted by Gasteiger charge is 2.41. The molecule has 0 heteroatoms. The van der Waals surface area contributed by atoms with Crippen molar-refractivity contribution in [2.75, 3.05) is 0 Å². The lowest BCUT2D eigenvalue weighted by Gasteiger charge is -2.46. The smallest absolute Gasteiger partial charge is 0.00962 e. The Morgan fingerprint density at radius 3 is 0.743 bits per heavy atom. The third-order valence-corrected chi connectivity index (χ3v) is 11.5. The second kappa shape index (κ2) is 11.1. The van der Waals surface area contributed by atoms with Crippen LogP contribution in [0.4, 0.5) is 0 Å². The molecule has 0 amide bonds. The van der Waals surface area contributed by atoms with Crippen molar-refractivity contribution in [1.29, 1.82) is 0 Å². The fourth-order valence-corrected chi connectivity index (χ4v) is 4.09. The zero-order chi connectivity index (χ0) is 29.4. The summed E-state index contributed by atoms with van der Waals surface area (Å²) in [6.07, 6.45) is 0. The topological polar surface area (TPSA) is 0 Å². The first-order valence-electron chi connectivity index (χ1n) is 14.2. The molecular formula is C35H70. The summed E-state index contributed by atoms with van der Waals surface area (Å²) in [6.45, 7) is 54.0. The van der Waals surface area contributed by atoms with Gasteiger partial charge in [0.25, 0.3) is 0 Å². The monoisotopic (exact) mass is 491 g/mol. The molecule has 0 aliphatic heterocycles. The van der Waals surface area contributed by atoms with E-state index in [1.165, 1.54) is 0 Å². The van der Waals surface area contributed by atoms with Gasteiger partial charge in [-0.1, -0.05) is 154 Å². The average Bonchev–Trinajstić information content (AvgIpc) is 2.61. The molecule has 0 radical (unpaired) electrons. The number of hydrogen-bond acceptors (Lipinski definition) is 0. The highest BCUT2D eigenvalue weighted by Crippen LogP contribution is 2.51. The van der Waals surface area contributed by atoms with E-state index >= 15 is 0 Å². The largest absolute Gasteiger partial charge is 0.0705 e. The molecule has 0 aliphatic carbocycles. The van der Waals surface area contributed by atoms with E-state index in [-0.39, 0.29) is 27.1 Å². The second-order valence-corrected chi connectivity index (χ2v) is 17.3. The van der Waals surface area contributed by atoms with Gasteiger partial charge in [-0.2, -0.15) is 0 Å². The minimum atomic E-state index is 0.222. The molecule has 0 nitrogen and oxygen atoms in total. The van der Waals surface area contributed by atoms with Crippen LogP contribution in [-0.4, -0.2) is 0 Å². The Hall–Kier alpha value is -0.520. The van der Waals surface area contributed by atoms with Crippen molar-refractivity contribution < 1.29 is 0 Å². The molecule has 0 bridgehead atoms. The summed E-state index contributed by atoms with van der Waals surface area (Å²) in [5.74, 6) is 0.629. The summed E-state index contributed by atoms with van der Waals surface area (Å²) in [4.78, 5) is 0. The maximum atomic E-state index is 2.38. The quantitative estimate of drug-likeness (QED) is 0.344. The maximum absolute atomic E-state index is 2.38. The van der Waals surface area contributed by atoms with E-state index in [0.717, 1.165) is 0 Å². The van der Waals surface area contributed by atoms with Crippen molar-refractivity contribution in [2.45, 2.75) is 159 Å². The Labute approximate surface area is 225 Å². The summed E-state index contributed by atoms with van der Waals surface area (Å²) in [7, 11) is 0. The first-order valence-corrected chi connectivity index (χ1v) is 14.2. The highest BCUT2D eigenvalue weighted by molar-refractivity contribution is 5.26. The molecule has 0 aromatic carbocycles. The summed E-state index contributed by atoms with van der Waals surface area (Å²) in [6, 6.07) is 0. The van der Waals surface area contributed by atoms with Gasteiger partial charge in [0.2, 0.25) is 0 Å². The third-order valence-electron chi connectivity index (χ3n) is 11.5. The molecular weight excluding hydrogens is 420 g/mol. The highest BCUT2D eigenvalue weighted by atomic mass is 14.5. The van der Waals surface area contributed by atoms with Crippen LogP contribution in [0.5, 0.6) is 0 Å². The molecule has 0 fully saturated rings. The van der Waals surface area contributed by atoms with Gasteiger partial charge in [0, 0.05) is 0 Å². The van der Waals surface area contributed by atoms with Crippen LogP contribution in [0, 0.1) is 43.8 Å². The van der Waals surface area contributed by atoms with Gasteiger partial charge in [0.05, 0.1) is 0 Å². The number of allylic oxidation sites excluding steroid dienone is 4. The van der Waals surface area contributed by atoms with Crippen LogP contribution in [0.2, 0.25) is 0 Å². The predicted molar refractivity (Wildman–Crippen MR) is 165 cm³/mol. The molecule has 0 heterocycles. The Kier molecular flexibility index (Phi) is 11.6. The summed E-state index contributed by atoms with van der Waals surface area (Å²) >= 11 is 0. The maximum Gasteiger partial charge on any atom is -0.00962 e. The first-order chi connectivity index (χ1) is 14.8. The van der Waals surface area contributed by atoms with Crippen LogP contribution in [0.3, 0.4) is 0 Å². The zero-order valence-corrected chi connectivity index (χ0v) is 29.1. The van der Waals surface area contributed by atoms with Crippen molar-refractivity contribution in [2.24, 2.45) is 43.8 Å². The molecule has 0 rings (SSSR count). The van der Waals surface area contributed by atoms with Gasteiger partial charge in [0.15, 0.2) is 0 Å². The van der Waals surface area contributed by atoms with Crippen LogP contribution < -0.4 is 0 Å². The van der Waals surface area contributed by atoms with Gasteiger partial charge in [-0.05, 0) is 71.5 Å². The molecule has 210 valence electrons. The van der Waals surface area contributed by atoms with Crippen molar-refractivity contribution in [3.8, 4) is 0 Å². The van der Waals surface area contributed by atoms with E-state index in [2.05, 4.69) is 159 Å². The minimum absolute atomic E-state index is 0.222. The number of hydrogen-bond donors (Lipinski definition) is 0. The molecule has 0 aromatic heterocycles. The van der Waals surface area contributed by atoms with Gasteiger partial charge in [-0.3, -0.25) is 0 Å². The Morgan fingerprint density at radius 1 is 0.371 bits per heavy atom. The summed E-state index contributed by atoms with van der Waals surface area (Å²) in [5, 5.41) is 0. The predicted octanol–water partition coefficient (Wildman–Crippen LogP) is 12.5. The van der Waals surface area contributed by atoms with Crippen LogP contribution in [0.15, 0.2) is 22.3 Å². The average molecular weight is 491 g/mol. The fraction of sp³-hybridized carbons (Fsp3) is 0.886. The van der Waals surface area contributed by atoms with E-state index in [0.29, 0.717) is 16.7 Å². The molecule has 0 spiro atoms. The minimum Gasteiger partial charge on any atom is -0.0705 e. The van der Waals surface area contributed by atoms with E-state index < -0.39 is 0 Å². The first kappa shape index (κ1) is 36.6. The Balaban J connectivity index is 0. The standard InChI is InChI=1S/C18H36.C17H34/c1-13(17(9,10)15(3,4)5)14(2)18(11,12)16(6,7)8;1-12(13(2)15(4,5)6)14(3)17(10,11)16(7,8)9/h1-12H3;13H,1-11H3/b14-13-;14-12+. The van der Waals surface area contributed by atoms with Gasteiger partial charge in [-0.15, -0.1) is 0 Å². The van der Waals surface area contributed by atoms with Crippen molar-refractivity contribution in [3.05, 3.63) is 22.3 Å². The van der Waals surface area contributed by atoms with Crippen molar-refractivity contribution in [3.63, 3.8) is 0 Å². The third kappa shape index (κ3) is 8.50. The van der Waals surface area contributed by atoms with Gasteiger partial charge < -0.3 is 0 Å².